The van der Waals surface area contributed by atoms with Crippen molar-refractivity contribution in [3.63, 3.8) is 0 Å². The van der Waals surface area contributed by atoms with Crippen LogP contribution >= 0.6 is 0 Å². The Morgan fingerprint density at radius 1 is 0.727 bits per heavy atom. The summed E-state index contributed by atoms with van der Waals surface area (Å²) in [6, 6.07) is 13.5. The highest BCUT2D eigenvalue weighted by molar-refractivity contribution is 5.76. The normalized spacial score (nSPS) is 14.1. The first-order chi connectivity index (χ1) is 10.2. The monoisotopic (exact) mass is 294 g/mol. The lowest BCUT2D eigenvalue weighted by atomic mass is 9.82. The molecule has 0 saturated carbocycles. The second-order valence-corrected chi connectivity index (χ2v) is 8.37. The third kappa shape index (κ3) is 2.65. The third-order valence-electron chi connectivity index (χ3n) is 4.49. The van der Waals surface area contributed by atoms with E-state index >= 15 is 0 Å². The molecule has 0 unspecified atom stereocenters. The SMILES string of the molecule is CC(C)(C)c1ccc2c(c1)COc1cc(C(C)(C)C)ccc1-2. The number of ether oxygens (including phenoxy) is 1. The standard InChI is InChI=1S/C21H26O/c1-20(2,3)15-7-9-17-14(11-15)13-22-19-12-16(21(4,5)6)8-10-18(17)19/h7-12H,13H2,1-6H3. The van der Waals surface area contributed by atoms with Gasteiger partial charge in [0.2, 0.25) is 0 Å². The van der Waals surface area contributed by atoms with Gasteiger partial charge in [-0.05, 0) is 39.2 Å². The van der Waals surface area contributed by atoms with Crippen molar-refractivity contribution in [1.82, 2.24) is 0 Å². The van der Waals surface area contributed by atoms with Crippen LogP contribution in [0.25, 0.3) is 11.1 Å². The molecule has 0 bridgehead atoms. The first kappa shape index (κ1) is 15.1. The van der Waals surface area contributed by atoms with Crippen molar-refractivity contribution in [3.05, 3.63) is 53.1 Å². The number of rotatable bonds is 0. The van der Waals surface area contributed by atoms with Crippen molar-refractivity contribution in [3.8, 4) is 16.9 Å². The fourth-order valence-electron chi connectivity index (χ4n) is 2.93. The van der Waals surface area contributed by atoms with Crippen molar-refractivity contribution in [2.75, 3.05) is 0 Å². The van der Waals surface area contributed by atoms with Crippen molar-refractivity contribution in [2.24, 2.45) is 0 Å². The molecule has 1 nitrogen and oxygen atoms in total. The van der Waals surface area contributed by atoms with Gasteiger partial charge in [0.15, 0.2) is 0 Å². The van der Waals surface area contributed by atoms with Crippen LogP contribution in [-0.4, -0.2) is 0 Å². The third-order valence-corrected chi connectivity index (χ3v) is 4.49. The molecule has 0 spiro atoms. The van der Waals surface area contributed by atoms with E-state index in [1.807, 2.05) is 0 Å². The average molecular weight is 294 g/mol. The smallest absolute Gasteiger partial charge is 0.127 e. The Hall–Kier alpha value is -1.76. The van der Waals surface area contributed by atoms with E-state index in [-0.39, 0.29) is 10.8 Å². The van der Waals surface area contributed by atoms with Gasteiger partial charge >= 0.3 is 0 Å². The van der Waals surface area contributed by atoms with Gasteiger partial charge in [-0.2, -0.15) is 0 Å². The van der Waals surface area contributed by atoms with Crippen molar-refractivity contribution < 1.29 is 4.74 Å². The van der Waals surface area contributed by atoms with E-state index in [9.17, 15) is 0 Å². The van der Waals surface area contributed by atoms with Crippen LogP contribution < -0.4 is 4.74 Å². The molecule has 1 heteroatoms. The summed E-state index contributed by atoms with van der Waals surface area (Å²) in [7, 11) is 0. The van der Waals surface area contributed by atoms with Gasteiger partial charge in [0.25, 0.3) is 0 Å². The van der Waals surface area contributed by atoms with E-state index in [4.69, 9.17) is 4.74 Å². The lowest BCUT2D eigenvalue weighted by Crippen LogP contribution is -2.15. The molecule has 1 aliphatic heterocycles. The Kier molecular flexibility index (Phi) is 3.36. The summed E-state index contributed by atoms with van der Waals surface area (Å²) >= 11 is 0. The predicted molar refractivity (Wildman–Crippen MR) is 93.6 cm³/mol. The summed E-state index contributed by atoms with van der Waals surface area (Å²) in [5.74, 6) is 1.02. The van der Waals surface area contributed by atoms with Crippen LogP contribution in [0.4, 0.5) is 0 Å². The summed E-state index contributed by atoms with van der Waals surface area (Å²) in [4.78, 5) is 0. The van der Waals surface area contributed by atoms with E-state index in [1.54, 1.807) is 0 Å². The Morgan fingerprint density at radius 3 is 1.86 bits per heavy atom. The quantitative estimate of drug-likeness (QED) is 0.593. The minimum Gasteiger partial charge on any atom is -0.488 e. The van der Waals surface area contributed by atoms with E-state index in [0.29, 0.717) is 6.61 Å². The maximum atomic E-state index is 6.05. The molecule has 0 aromatic heterocycles. The lowest BCUT2D eigenvalue weighted by molar-refractivity contribution is 0.301. The summed E-state index contributed by atoms with van der Waals surface area (Å²) in [5, 5.41) is 0. The number of hydrogen-bond acceptors (Lipinski definition) is 1. The molecule has 0 atom stereocenters. The van der Waals surface area contributed by atoms with Gasteiger partial charge in [0, 0.05) is 5.56 Å². The van der Waals surface area contributed by atoms with Gasteiger partial charge in [0.1, 0.15) is 12.4 Å². The first-order valence-electron chi connectivity index (χ1n) is 8.07. The molecule has 0 aliphatic carbocycles. The Balaban J connectivity index is 2.08. The molecule has 0 amide bonds. The molecule has 0 radical (unpaired) electrons. The zero-order chi connectivity index (χ0) is 16.1. The van der Waals surface area contributed by atoms with Crippen LogP contribution in [-0.2, 0) is 17.4 Å². The highest BCUT2D eigenvalue weighted by Crippen LogP contribution is 2.41. The molecule has 3 rings (SSSR count). The number of benzene rings is 2. The summed E-state index contributed by atoms with van der Waals surface area (Å²) in [6.45, 7) is 14.1. The van der Waals surface area contributed by atoms with E-state index < -0.39 is 0 Å². The number of fused-ring (bicyclic) bond motifs is 3. The first-order valence-corrected chi connectivity index (χ1v) is 8.07. The molecule has 116 valence electrons. The molecule has 0 saturated heterocycles. The van der Waals surface area contributed by atoms with Gasteiger partial charge in [-0.25, -0.2) is 0 Å². The molecule has 22 heavy (non-hydrogen) atoms. The van der Waals surface area contributed by atoms with E-state index in [1.165, 1.54) is 27.8 Å². The minimum absolute atomic E-state index is 0.148. The summed E-state index contributed by atoms with van der Waals surface area (Å²) in [5.41, 5.74) is 6.83. The van der Waals surface area contributed by atoms with Crippen molar-refractivity contribution >= 4 is 0 Å². The lowest BCUT2D eigenvalue weighted by Gasteiger charge is -2.27. The van der Waals surface area contributed by atoms with E-state index in [0.717, 1.165) is 5.75 Å². The molecule has 1 aliphatic rings. The maximum absolute atomic E-state index is 6.05. The molecule has 2 aromatic carbocycles. The fraction of sp³-hybridized carbons (Fsp3) is 0.429. The zero-order valence-electron chi connectivity index (χ0n) is 14.6. The second-order valence-electron chi connectivity index (χ2n) is 8.37. The van der Waals surface area contributed by atoms with Gasteiger partial charge in [-0.3, -0.25) is 0 Å². The Labute approximate surface area is 134 Å². The Bertz CT molecular complexity index is 648. The molecule has 0 fully saturated rings. The van der Waals surface area contributed by atoms with Crippen LogP contribution in [0.1, 0.15) is 58.2 Å². The van der Waals surface area contributed by atoms with Crippen LogP contribution in [0.2, 0.25) is 0 Å². The van der Waals surface area contributed by atoms with Gasteiger partial charge in [-0.15, -0.1) is 0 Å². The predicted octanol–water partition coefficient (Wildman–Crippen LogP) is 5.84. The summed E-state index contributed by atoms with van der Waals surface area (Å²) in [6.07, 6.45) is 0. The maximum Gasteiger partial charge on any atom is 0.127 e. The van der Waals surface area contributed by atoms with Crippen LogP contribution in [0, 0.1) is 0 Å². The van der Waals surface area contributed by atoms with Crippen molar-refractivity contribution in [1.29, 1.82) is 0 Å². The van der Waals surface area contributed by atoms with Gasteiger partial charge in [0.05, 0.1) is 0 Å². The van der Waals surface area contributed by atoms with Crippen LogP contribution in [0.3, 0.4) is 0 Å². The van der Waals surface area contributed by atoms with Crippen LogP contribution in [0.5, 0.6) is 5.75 Å². The van der Waals surface area contributed by atoms with Gasteiger partial charge < -0.3 is 4.74 Å². The fourth-order valence-corrected chi connectivity index (χ4v) is 2.93. The minimum atomic E-state index is 0.148. The Morgan fingerprint density at radius 2 is 1.27 bits per heavy atom. The largest absolute Gasteiger partial charge is 0.488 e. The number of hydrogen-bond donors (Lipinski definition) is 0. The molecule has 1 heterocycles. The second kappa shape index (κ2) is 4.87. The molecular formula is C21H26O. The average Bonchev–Trinajstić information content (AvgIpc) is 2.44. The summed E-state index contributed by atoms with van der Waals surface area (Å²) < 4.78 is 6.05. The molecule has 2 aromatic rings. The van der Waals surface area contributed by atoms with Gasteiger partial charge in [-0.1, -0.05) is 71.9 Å². The van der Waals surface area contributed by atoms with Crippen molar-refractivity contribution in [2.45, 2.75) is 59.0 Å². The highest BCUT2D eigenvalue weighted by Gasteiger charge is 2.23. The molecular weight excluding hydrogens is 268 g/mol. The highest BCUT2D eigenvalue weighted by atomic mass is 16.5. The van der Waals surface area contributed by atoms with E-state index in [2.05, 4.69) is 77.9 Å². The topological polar surface area (TPSA) is 9.23 Å². The molecule has 0 N–H and O–H groups in total. The van der Waals surface area contributed by atoms with Crippen LogP contribution in [0.15, 0.2) is 36.4 Å². The zero-order valence-corrected chi connectivity index (χ0v) is 14.6.